The number of rotatable bonds is 20. The highest BCUT2D eigenvalue weighted by Crippen LogP contribution is 2.52. The fourth-order valence-electron chi connectivity index (χ4n) is 7.11. The summed E-state index contributed by atoms with van der Waals surface area (Å²) < 4.78 is 21.7. The van der Waals surface area contributed by atoms with Crippen molar-refractivity contribution in [2.45, 2.75) is 130 Å². The van der Waals surface area contributed by atoms with Gasteiger partial charge in [0, 0.05) is 13.0 Å². The first kappa shape index (κ1) is 38.1. The minimum atomic E-state index is -0.734. The highest BCUT2D eigenvalue weighted by Gasteiger charge is 2.42. The molecule has 0 aromatic rings. The zero-order chi connectivity index (χ0) is 32.0. The molecule has 44 heavy (non-hydrogen) atoms. The molecule has 2 bridgehead atoms. The van der Waals surface area contributed by atoms with E-state index < -0.39 is 12.1 Å². The molecule has 254 valence electrons. The highest BCUT2D eigenvalue weighted by atomic mass is 16.7. The van der Waals surface area contributed by atoms with Gasteiger partial charge in [-0.2, -0.15) is 0 Å². The number of nitrogens with zero attached hydrogens (tertiary/aromatic N) is 1. The lowest BCUT2D eigenvalue weighted by molar-refractivity contribution is -0.152. The summed E-state index contributed by atoms with van der Waals surface area (Å²) in [5.74, 6) is 0.571. The third kappa shape index (κ3) is 16.8. The van der Waals surface area contributed by atoms with Crippen LogP contribution in [0.1, 0.15) is 130 Å². The van der Waals surface area contributed by atoms with E-state index >= 15 is 0 Å². The Balaban J connectivity index is 0.00000216. The van der Waals surface area contributed by atoms with E-state index in [-0.39, 0.29) is 37.2 Å². The topological polar surface area (TPSA) is 91.4 Å². The van der Waals surface area contributed by atoms with Crippen LogP contribution in [0.2, 0.25) is 0 Å². The van der Waals surface area contributed by atoms with Crippen LogP contribution in [0.4, 0.5) is 4.79 Å². The standard InChI is InChI=1S/C33H57NO7.C3H6/c1-3-4-5-6-7-8-9-13-30(35)39-24-29(26-41-32(37)38-19-12-18-34-16-10-11-17-34)25-40-31(36)23-33(2)21-27-14-15-28(20-27)22-33;1-3-2/h27-29H,3-26H2,1-2H3;3H,1H2,2H3/t27-,28+,29?,33?;. The van der Waals surface area contributed by atoms with Crippen LogP contribution < -0.4 is 0 Å². The van der Waals surface area contributed by atoms with E-state index in [0.29, 0.717) is 19.4 Å². The van der Waals surface area contributed by atoms with Crippen molar-refractivity contribution in [2.75, 3.05) is 46.1 Å². The van der Waals surface area contributed by atoms with E-state index in [1.165, 1.54) is 57.8 Å². The molecule has 8 nitrogen and oxygen atoms in total. The monoisotopic (exact) mass is 621 g/mol. The molecule has 3 fully saturated rings. The number of hydrogen-bond acceptors (Lipinski definition) is 8. The minimum Gasteiger partial charge on any atom is -0.465 e. The third-order valence-corrected chi connectivity index (χ3v) is 9.20. The van der Waals surface area contributed by atoms with Crippen LogP contribution in [0.5, 0.6) is 0 Å². The summed E-state index contributed by atoms with van der Waals surface area (Å²) in [5.41, 5.74) is -0.00492. The predicted molar refractivity (Wildman–Crippen MR) is 174 cm³/mol. The van der Waals surface area contributed by atoms with Gasteiger partial charge in [-0.3, -0.25) is 9.59 Å². The molecule has 1 saturated heterocycles. The van der Waals surface area contributed by atoms with Gasteiger partial charge in [0.1, 0.15) is 19.8 Å². The molecule has 1 heterocycles. The SMILES string of the molecule is C=CC.CCCCCCCCCC(=O)OCC(COC(=O)CC1(C)C[C@@H]2CC[C@@H](C2)C1)COC(=O)OCCCN1CCCC1. The van der Waals surface area contributed by atoms with E-state index in [4.69, 9.17) is 18.9 Å². The molecule has 0 aromatic heterocycles. The van der Waals surface area contributed by atoms with Crippen LogP contribution in [-0.4, -0.2) is 69.1 Å². The molecular weight excluding hydrogens is 558 g/mol. The Morgan fingerprint density at radius 3 is 2.05 bits per heavy atom. The molecule has 1 aliphatic heterocycles. The maximum absolute atomic E-state index is 12.8. The Kier molecular flexibility index (Phi) is 19.4. The number of unbranched alkanes of at least 4 members (excludes halogenated alkanes) is 6. The van der Waals surface area contributed by atoms with Crippen molar-refractivity contribution in [3.8, 4) is 0 Å². The molecular formula is C36H63NO7. The molecule has 0 amide bonds. The Morgan fingerprint density at radius 1 is 0.841 bits per heavy atom. The lowest BCUT2D eigenvalue weighted by Gasteiger charge is -2.37. The van der Waals surface area contributed by atoms with Crippen LogP contribution in [0.25, 0.3) is 0 Å². The van der Waals surface area contributed by atoms with Gasteiger partial charge in [0.2, 0.25) is 0 Å². The average Bonchev–Trinajstić information content (AvgIpc) is 3.63. The van der Waals surface area contributed by atoms with Crippen molar-refractivity contribution in [1.82, 2.24) is 4.90 Å². The normalized spacial score (nSPS) is 23.2. The third-order valence-electron chi connectivity index (χ3n) is 9.20. The maximum atomic E-state index is 12.8. The molecule has 2 saturated carbocycles. The van der Waals surface area contributed by atoms with Crippen LogP contribution in [0, 0.1) is 23.2 Å². The quantitative estimate of drug-likeness (QED) is 0.0581. The van der Waals surface area contributed by atoms with Crippen molar-refractivity contribution < 1.29 is 33.3 Å². The second-order valence-electron chi connectivity index (χ2n) is 13.8. The molecule has 0 radical (unpaired) electrons. The van der Waals surface area contributed by atoms with Gasteiger partial charge in [0.15, 0.2) is 0 Å². The van der Waals surface area contributed by atoms with E-state index in [0.717, 1.165) is 70.0 Å². The summed E-state index contributed by atoms with van der Waals surface area (Å²) in [7, 11) is 0. The number of carbonyl (C=O) groups is 3. The number of ether oxygens (including phenoxy) is 4. The van der Waals surface area contributed by atoms with Crippen molar-refractivity contribution >= 4 is 18.1 Å². The van der Waals surface area contributed by atoms with Gasteiger partial charge in [-0.1, -0.05) is 71.3 Å². The van der Waals surface area contributed by atoms with Crippen LogP contribution in [-0.2, 0) is 28.5 Å². The first-order valence-corrected chi connectivity index (χ1v) is 17.7. The molecule has 0 N–H and O–H groups in total. The summed E-state index contributed by atoms with van der Waals surface area (Å²) in [4.78, 5) is 39.7. The fourth-order valence-corrected chi connectivity index (χ4v) is 7.11. The summed E-state index contributed by atoms with van der Waals surface area (Å²) in [6, 6.07) is 0. The molecule has 3 rings (SSSR count). The fraction of sp³-hybridized carbons (Fsp3) is 0.861. The molecule has 8 heteroatoms. The van der Waals surface area contributed by atoms with Gasteiger partial charge < -0.3 is 23.8 Å². The van der Waals surface area contributed by atoms with Gasteiger partial charge in [-0.15, -0.1) is 6.58 Å². The number of esters is 2. The first-order valence-electron chi connectivity index (χ1n) is 17.7. The number of likely N-dealkylation sites (tertiary alicyclic amines) is 1. The molecule has 4 atom stereocenters. The molecule has 0 spiro atoms. The number of allylic oxidation sites excluding steroid dienone is 1. The average molecular weight is 622 g/mol. The van der Waals surface area contributed by atoms with Crippen LogP contribution in [0.15, 0.2) is 12.7 Å². The second kappa shape index (κ2) is 22.4. The van der Waals surface area contributed by atoms with E-state index in [1.807, 2.05) is 6.92 Å². The smallest absolute Gasteiger partial charge is 0.465 e. The lowest BCUT2D eigenvalue weighted by atomic mass is 9.68. The lowest BCUT2D eigenvalue weighted by Crippen LogP contribution is -2.31. The van der Waals surface area contributed by atoms with Gasteiger partial charge in [0.25, 0.3) is 0 Å². The Labute approximate surface area is 268 Å². The number of fused-ring (bicyclic) bond motifs is 2. The molecule has 3 aliphatic rings. The zero-order valence-electron chi connectivity index (χ0n) is 28.3. The first-order chi connectivity index (χ1) is 21.3. The molecule has 0 aromatic carbocycles. The molecule has 2 aliphatic carbocycles. The van der Waals surface area contributed by atoms with Crippen LogP contribution in [0.3, 0.4) is 0 Å². The van der Waals surface area contributed by atoms with E-state index in [2.05, 4.69) is 25.3 Å². The maximum Gasteiger partial charge on any atom is 0.508 e. The Morgan fingerprint density at radius 2 is 1.41 bits per heavy atom. The van der Waals surface area contributed by atoms with E-state index in [9.17, 15) is 14.4 Å². The summed E-state index contributed by atoms with van der Waals surface area (Å²) >= 11 is 0. The number of carbonyl (C=O) groups excluding carboxylic acids is 3. The van der Waals surface area contributed by atoms with Crippen molar-refractivity contribution in [1.29, 1.82) is 0 Å². The molecule has 2 unspecified atom stereocenters. The highest BCUT2D eigenvalue weighted by molar-refractivity contribution is 5.70. The van der Waals surface area contributed by atoms with Gasteiger partial charge in [0.05, 0.1) is 18.9 Å². The Hall–Kier alpha value is -2.09. The predicted octanol–water partition coefficient (Wildman–Crippen LogP) is 8.27. The summed E-state index contributed by atoms with van der Waals surface area (Å²) in [5, 5.41) is 0. The van der Waals surface area contributed by atoms with Crippen molar-refractivity contribution in [3.63, 3.8) is 0 Å². The zero-order valence-corrected chi connectivity index (χ0v) is 28.3. The van der Waals surface area contributed by atoms with Gasteiger partial charge >= 0.3 is 18.1 Å². The minimum absolute atomic E-state index is 0.00492. The Bertz CT molecular complexity index is 813. The van der Waals surface area contributed by atoms with Crippen molar-refractivity contribution in [2.24, 2.45) is 23.2 Å². The van der Waals surface area contributed by atoms with Crippen LogP contribution >= 0.6 is 0 Å². The van der Waals surface area contributed by atoms with Gasteiger partial charge in [-0.25, -0.2) is 4.79 Å². The van der Waals surface area contributed by atoms with E-state index in [1.54, 1.807) is 6.08 Å². The second-order valence-corrected chi connectivity index (χ2v) is 13.8. The van der Waals surface area contributed by atoms with Gasteiger partial charge in [-0.05, 0) is 82.2 Å². The number of hydrogen-bond donors (Lipinski definition) is 0. The summed E-state index contributed by atoms with van der Waals surface area (Å²) in [6.45, 7) is 13.2. The van der Waals surface area contributed by atoms with Crippen molar-refractivity contribution in [3.05, 3.63) is 12.7 Å². The summed E-state index contributed by atoms with van der Waals surface area (Å²) in [6.07, 6.45) is 19.0. The largest absolute Gasteiger partial charge is 0.508 e.